The van der Waals surface area contributed by atoms with Crippen LogP contribution in [0.15, 0.2) is 24.3 Å². The topological polar surface area (TPSA) is 69.7 Å². The minimum absolute atomic E-state index is 0.151. The molecule has 25 heavy (non-hydrogen) atoms. The van der Waals surface area contributed by atoms with Crippen molar-refractivity contribution in [3.8, 4) is 0 Å². The molecule has 3 amide bonds. The molecule has 2 aliphatic rings. The van der Waals surface area contributed by atoms with Gasteiger partial charge in [0.05, 0.1) is 0 Å². The van der Waals surface area contributed by atoms with Crippen LogP contribution >= 0.6 is 0 Å². The molecule has 1 aliphatic heterocycles. The quantitative estimate of drug-likeness (QED) is 0.604. The van der Waals surface area contributed by atoms with Gasteiger partial charge in [0, 0.05) is 32.7 Å². The number of nitrogens with zero attached hydrogens (tertiary/aromatic N) is 2. The van der Waals surface area contributed by atoms with Crippen molar-refractivity contribution in [2.45, 2.75) is 19.3 Å². The molecule has 1 aromatic carbocycles. The summed E-state index contributed by atoms with van der Waals surface area (Å²) in [5, 5.41) is 2.78. The maximum absolute atomic E-state index is 13.6. The normalized spacial score (nSPS) is 18.6. The highest BCUT2D eigenvalue weighted by Gasteiger charge is 2.57. The molecule has 0 aromatic heterocycles. The largest absolute Gasteiger partial charge is 0.355 e. The highest BCUT2D eigenvalue weighted by atomic mass is 19.1. The van der Waals surface area contributed by atoms with Crippen molar-refractivity contribution in [3.63, 3.8) is 0 Å². The molecule has 0 atom stereocenters. The SMILES string of the molecule is O=CN1CCN(C(=O)C2(C(=O)NCCc3ccccc3F)CC2)CC1. The van der Waals surface area contributed by atoms with Gasteiger partial charge in [-0.25, -0.2) is 4.39 Å². The summed E-state index contributed by atoms with van der Waals surface area (Å²) in [6.07, 6.45) is 2.27. The lowest BCUT2D eigenvalue weighted by atomic mass is 10.0. The third kappa shape index (κ3) is 3.65. The molecule has 1 aliphatic carbocycles. The second-order valence-electron chi connectivity index (χ2n) is 6.61. The molecule has 0 bridgehead atoms. The van der Waals surface area contributed by atoms with Gasteiger partial charge >= 0.3 is 0 Å². The van der Waals surface area contributed by atoms with E-state index >= 15 is 0 Å². The van der Waals surface area contributed by atoms with E-state index in [-0.39, 0.29) is 17.6 Å². The van der Waals surface area contributed by atoms with Gasteiger partial charge in [0.15, 0.2) is 0 Å². The second-order valence-corrected chi connectivity index (χ2v) is 6.61. The number of rotatable bonds is 6. The highest BCUT2D eigenvalue weighted by Crippen LogP contribution is 2.47. The van der Waals surface area contributed by atoms with E-state index < -0.39 is 5.41 Å². The number of carbonyl (C=O) groups is 3. The molecule has 7 heteroatoms. The Kier molecular flexibility index (Phi) is 5.01. The second kappa shape index (κ2) is 7.21. The van der Waals surface area contributed by atoms with Gasteiger partial charge in [-0.05, 0) is 30.9 Å². The van der Waals surface area contributed by atoms with E-state index in [9.17, 15) is 18.8 Å². The predicted octanol–water partition coefficient (Wildman–Crippen LogP) is 0.565. The summed E-state index contributed by atoms with van der Waals surface area (Å²) in [6, 6.07) is 6.46. The van der Waals surface area contributed by atoms with E-state index in [1.807, 2.05) is 0 Å². The van der Waals surface area contributed by atoms with Crippen LogP contribution in [0.3, 0.4) is 0 Å². The minimum Gasteiger partial charge on any atom is -0.355 e. The molecule has 6 nitrogen and oxygen atoms in total. The van der Waals surface area contributed by atoms with E-state index in [2.05, 4.69) is 5.32 Å². The number of nitrogens with one attached hydrogen (secondary N) is 1. The fraction of sp³-hybridized carbons (Fsp3) is 0.500. The van der Waals surface area contributed by atoms with Crippen molar-refractivity contribution in [1.82, 2.24) is 15.1 Å². The Morgan fingerprint density at radius 2 is 1.84 bits per heavy atom. The van der Waals surface area contributed by atoms with Crippen molar-refractivity contribution >= 4 is 18.2 Å². The molecule has 0 unspecified atom stereocenters. The zero-order chi connectivity index (χ0) is 17.9. The number of benzene rings is 1. The van der Waals surface area contributed by atoms with Crippen molar-refractivity contribution in [2.24, 2.45) is 5.41 Å². The Morgan fingerprint density at radius 3 is 2.44 bits per heavy atom. The van der Waals surface area contributed by atoms with Crippen LogP contribution in [-0.4, -0.2) is 60.7 Å². The summed E-state index contributed by atoms with van der Waals surface area (Å²) in [6.45, 7) is 2.22. The molecule has 134 valence electrons. The summed E-state index contributed by atoms with van der Waals surface area (Å²) in [5.74, 6) is -0.713. The van der Waals surface area contributed by atoms with Gasteiger partial charge < -0.3 is 15.1 Å². The molecule has 0 radical (unpaired) electrons. The molecular formula is C18H22FN3O3. The fourth-order valence-electron chi connectivity index (χ4n) is 3.18. The number of carbonyl (C=O) groups excluding carboxylic acids is 3. The number of hydrogen-bond acceptors (Lipinski definition) is 3. The molecule has 1 saturated heterocycles. The monoisotopic (exact) mass is 347 g/mol. The van der Waals surface area contributed by atoms with Crippen LogP contribution in [0.25, 0.3) is 0 Å². The zero-order valence-electron chi connectivity index (χ0n) is 14.0. The third-order valence-corrected chi connectivity index (χ3v) is 4.98. The van der Waals surface area contributed by atoms with Gasteiger partial charge in [0.25, 0.3) is 0 Å². The molecular weight excluding hydrogens is 325 g/mol. The van der Waals surface area contributed by atoms with Crippen molar-refractivity contribution in [3.05, 3.63) is 35.6 Å². The van der Waals surface area contributed by atoms with Crippen molar-refractivity contribution in [2.75, 3.05) is 32.7 Å². The first-order valence-electron chi connectivity index (χ1n) is 8.57. The zero-order valence-corrected chi connectivity index (χ0v) is 14.0. The summed E-state index contributed by atoms with van der Waals surface area (Å²) >= 11 is 0. The molecule has 0 spiro atoms. The lowest BCUT2D eigenvalue weighted by molar-refractivity contribution is -0.146. The molecule has 1 aromatic rings. The minimum atomic E-state index is -0.960. The fourth-order valence-corrected chi connectivity index (χ4v) is 3.18. The third-order valence-electron chi connectivity index (χ3n) is 4.98. The molecule has 2 fully saturated rings. The number of halogens is 1. The number of amides is 3. The van der Waals surface area contributed by atoms with Gasteiger partial charge in [-0.15, -0.1) is 0 Å². The average molecular weight is 347 g/mol. The van der Waals surface area contributed by atoms with Crippen LogP contribution in [0.1, 0.15) is 18.4 Å². The van der Waals surface area contributed by atoms with Crippen molar-refractivity contribution < 1.29 is 18.8 Å². The lowest BCUT2D eigenvalue weighted by Gasteiger charge is -2.34. The van der Waals surface area contributed by atoms with Crippen LogP contribution in [-0.2, 0) is 20.8 Å². The maximum Gasteiger partial charge on any atom is 0.238 e. The van der Waals surface area contributed by atoms with Crippen LogP contribution in [0.4, 0.5) is 4.39 Å². The lowest BCUT2D eigenvalue weighted by Crippen LogP contribution is -2.53. The average Bonchev–Trinajstić information content (AvgIpc) is 3.45. The Hall–Kier alpha value is -2.44. The highest BCUT2D eigenvalue weighted by molar-refractivity contribution is 6.07. The summed E-state index contributed by atoms with van der Waals surface area (Å²) < 4.78 is 13.6. The predicted molar refractivity (Wildman–Crippen MR) is 89.0 cm³/mol. The number of hydrogen-bond donors (Lipinski definition) is 1. The van der Waals surface area contributed by atoms with E-state index in [1.54, 1.807) is 28.0 Å². The van der Waals surface area contributed by atoms with Crippen LogP contribution < -0.4 is 5.32 Å². The molecule has 3 rings (SSSR count). The van der Waals surface area contributed by atoms with Crippen molar-refractivity contribution in [1.29, 1.82) is 0 Å². The first-order chi connectivity index (χ1) is 12.1. The summed E-state index contributed by atoms with van der Waals surface area (Å²) in [4.78, 5) is 39.2. The standard InChI is InChI=1S/C18H22FN3O3/c19-15-4-2-1-3-14(15)5-8-20-16(24)18(6-7-18)17(25)22-11-9-21(13-23)10-12-22/h1-4,13H,5-12H2,(H,20,24). The van der Waals surface area contributed by atoms with Gasteiger partial charge in [0.2, 0.25) is 18.2 Å². The Bertz CT molecular complexity index is 667. The van der Waals surface area contributed by atoms with E-state index in [0.717, 1.165) is 6.41 Å². The maximum atomic E-state index is 13.6. The van der Waals surface area contributed by atoms with Crippen LogP contribution in [0, 0.1) is 11.2 Å². The van der Waals surface area contributed by atoms with E-state index in [1.165, 1.54) is 6.07 Å². The molecule has 1 heterocycles. The molecule has 1 N–H and O–H groups in total. The Morgan fingerprint density at radius 1 is 1.16 bits per heavy atom. The first kappa shape index (κ1) is 17.4. The molecule has 1 saturated carbocycles. The van der Waals surface area contributed by atoms with Gasteiger partial charge in [-0.1, -0.05) is 18.2 Å². The summed E-state index contributed by atoms with van der Waals surface area (Å²) in [7, 11) is 0. The Labute approximate surface area is 146 Å². The van der Waals surface area contributed by atoms with Gasteiger partial charge in [-0.3, -0.25) is 14.4 Å². The Balaban J connectivity index is 1.52. The van der Waals surface area contributed by atoms with Gasteiger partial charge in [-0.2, -0.15) is 0 Å². The van der Waals surface area contributed by atoms with Crippen LogP contribution in [0.2, 0.25) is 0 Å². The number of piperazine rings is 1. The van der Waals surface area contributed by atoms with Gasteiger partial charge in [0.1, 0.15) is 11.2 Å². The van der Waals surface area contributed by atoms with Crippen LogP contribution in [0.5, 0.6) is 0 Å². The van der Waals surface area contributed by atoms with E-state index in [4.69, 9.17) is 0 Å². The summed E-state index contributed by atoms with van der Waals surface area (Å²) in [5.41, 5.74) is -0.414. The van der Waals surface area contributed by atoms with E-state index in [0.29, 0.717) is 57.5 Å². The first-order valence-corrected chi connectivity index (χ1v) is 8.57. The smallest absolute Gasteiger partial charge is 0.238 e.